The van der Waals surface area contributed by atoms with E-state index in [1.54, 1.807) is 0 Å². The van der Waals surface area contributed by atoms with Gasteiger partial charge in [-0.05, 0) is 34.2 Å². The summed E-state index contributed by atoms with van der Waals surface area (Å²) >= 11 is 0. The fraction of sp³-hybridized carbons (Fsp3) is 1.00. The highest BCUT2D eigenvalue weighted by Gasteiger charge is 2.33. The lowest BCUT2D eigenvalue weighted by molar-refractivity contribution is -0.00354. The van der Waals surface area contributed by atoms with Crippen LogP contribution in [0.25, 0.3) is 0 Å². The molecule has 0 aliphatic rings. The summed E-state index contributed by atoms with van der Waals surface area (Å²) in [6.07, 6.45) is 0. The third kappa shape index (κ3) is 2.27. The summed E-state index contributed by atoms with van der Waals surface area (Å²) in [5, 5.41) is 12.8. The van der Waals surface area contributed by atoms with Crippen LogP contribution < -0.4 is 5.32 Å². The van der Waals surface area contributed by atoms with Gasteiger partial charge in [0.25, 0.3) is 0 Å². The maximum Gasteiger partial charge on any atom is 0.0767 e. The van der Waals surface area contributed by atoms with Crippen molar-refractivity contribution in [2.24, 2.45) is 0 Å². The highest BCUT2D eigenvalue weighted by atomic mass is 16.3. The quantitative estimate of drug-likeness (QED) is 0.624. The zero-order chi connectivity index (χ0) is 8.41. The standard InChI is InChI=1S/C8H19NO/c1-6-9-7(2,3)8(4,5)10/h9-10H,6H2,1-5H3. The Labute approximate surface area is 63.6 Å². The Kier molecular flexibility index (Phi) is 2.86. The predicted octanol–water partition coefficient (Wildman–Crippen LogP) is 1.15. The Bertz CT molecular complexity index is 102. The van der Waals surface area contributed by atoms with E-state index in [9.17, 15) is 5.11 Å². The second-order valence-electron chi connectivity index (χ2n) is 3.71. The second-order valence-corrected chi connectivity index (χ2v) is 3.71. The third-order valence-corrected chi connectivity index (χ3v) is 2.15. The van der Waals surface area contributed by atoms with Gasteiger partial charge in [0.05, 0.1) is 5.60 Å². The van der Waals surface area contributed by atoms with E-state index in [1.807, 2.05) is 34.6 Å². The molecule has 0 bridgehead atoms. The third-order valence-electron chi connectivity index (χ3n) is 2.15. The van der Waals surface area contributed by atoms with Crippen molar-refractivity contribution in [1.82, 2.24) is 5.32 Å². The molecule has 0 aromatic carbocycles. The lowest BCUT2D eigenvalue weighted by Crippen LogP contribution is -2.55. The molecule has 0 saturated carbocycles. The van der Waals surface area contributed by atoms with Crippen LogP contribution in [0.1, 0.15) is 34.6 Å². The van der Waals surface area contributed by atoms with Gasteiger partial charge in [0.15, 0.2) is 0 Å². The molecule has 62 valence electrons. The molecule has 2 nitrogen and oxygen atoms in total. The Morgan fingerprint density at radius 3 is 1.70 bits per heavy atom. The van der Waals surface area contributed by atoms with E-state index >= 15 is 0 Å². The average molecular weight is 145 g/mol. The minimum absolute atomic E-state index is 0.207. The summed E-state index contributed by atoms with van der Waals surface area (Å²) in [4.78, 5) is 0. The van der Waals surface area contributed by atoms with Crippen molar-refractivity contribution in [3.05, 3.63) is 0 Å². The van der Waals surface area contributed by atoms with Crippen LogP contribution in [0.3, 0.4) is 0 Å². The van der Waals surface area contributed by atoms with Gasteiger partial charge in [-0.1, -0.05) is 6.92 Å². The number of aliphatic hydroxyl groups is 1. The minimum Gasteiger partial charge on any atom is -0.389 e. The van der Waals surface area contributed by atoms with Gasteiger partial charge in [-0.15, -0.1) is 0 Å². The van der Waals surface area contributed by atoms with Gasteiger partial charge in [0, 0.05) is 5.54 Å². The molecule has 2 N–H and O–H groups in total. The Hall–Kier alpha value is -0.0800. The monoisotopic (exact) mass is 145 g/mol. The number of likely N-dealkylation sites (N-methyl/N-ethyl adjacent to an activating group) is 1. The molecule has 0 heterocycles. The SMILES string of the molecule is CCNC(C)(C)C(C)(C)O. The molecule has 0 fully saturated rings. The molecule has 2 heteroatoms. The molecule has 0 aromatic rings. The number of hydrogen-bond acceptors (Lipinski definition) is 2. The molecule has 10 heavy (non-hydrogen) atoms. The molecule has 0 aromatic heterocycles. The highest BCUT2D eigenvalue weighted by Crippen LogP contribution is 2.19. The van der Waals surface area contributed by atoms with Crippen LogP contribution >= 0.6 is 0 Å². The molecule has 0 unspecified atom stereocenters. The van der Waals surface area contributed by atoms with Gasteiger partial charge < -0.3 is 10.4 Å². The molecular weight excluding hydrogens is 126 g/mol. The summed E-state index contributed by atoms with van der Waals surface area (Å²) in [6, 6.07) is 0. The van der Waals surface area contributed by atoms with E-state index in [-0.39, 0.29) is 5.54 Å². The first-order valence-corrected chi connectivity index (χ1v) is 3.78. The first-order valence-electron chi connectivity index (χ1n) is 3.78. The molecule has 0 aliphatic heterocycles. The maximum absolute atomic E-state index is 9.61. The zero-order valence-corrected chi connectivity index (χ0v) is 7.65. The zero-order valence-electron chi connectivity index (χ0n) is 7.65. The minimum atomic E-state index is -0.664. The van der Waals surface area contributed by atoms with Crippen molar-refractivity contribution >= 4 is 0 Å². The highest BCUT2D eigenvalue weighted by molar-refractivity contribution is 4.92. The van der Waals surface area contributed by atoms with E-state index in [2.05, 4.69) is 5.32 Å². The first kappa shape index (κ1) is 9.92. The largest absolute Gasteiger partial charge is 0.389 e. The Morgan fingerprint density at radius 1 is 1.20 bits per heavy atom. The average Bonchev–Trinajstić information content (AvgIpc) is 1.61. The molecule has 0 amide bonds. The number of nitrogens with one attached hydrogen (secondary N) is 1. The van der Waals surface area contributed by atoms with Crippen LogP contribution in [-0.4, -0.2) is 22.8 Å². The maximum atomic E-state index is 9.61. The van der Waals surface area contributed by atoms with E-state index in [1.165, 1.54) is 0 Å². The molecule has 0 atom stereocenters. The van der Waals surface area contributed by atoms with Crippen molar-refractivity contribution in [1.29, 1.82) is 0 Å². The van der Waals surface area contributed by atoms with E-state index < -0.39 is 5.60 Å². The number of hydrogen-bond donors (Lipinski definition) is 2. The van der Waals surface area contributed by atoms with Crippen molar-refractivity contribution in [2.75, 3.05) is 6.54 Å². The predicted molar refractivity (Wildman–Crippen MR) is 44.1 cm³/mol. The molecule has 0 spiro atoms. The van der Waals surface area contributed by atoms with Gasteiger partial charge in [0.2, 0.25) is 0 Å². The fourth-order valence-electron chi connectivity index (χ4n) is 0.658. The molecule has 0 rings (SSSR count). The van der Waals surface area contributed by atoms with Gasteiger partial charge in [-0.25, -0.2) is 0 Å². The summed E-state index contributed by atoms with van der Waals surface area (Å²) in [5.74, 6) is 0. The van der Waals surface area contributed by atoms with Crippen LogP contribution in [0.2, 0.25) is 0 Å². The van der Waals surface area contributed by atoms with Crippen molar-refractivity contribution in [2.45, 2.75) is 45.8 Å². The van der Waals surface area contributed by atoms with Crippen molar-refractivity contribution in [3.8, 4) is 0 Å². The van der Waals surface area contributed by atoms with Crippen LogP contribution in [0, 0.1) is 0 Å². The summed E-state index contributed by atoms with van der Waals surface area (Å²) < 4.78 is 0. The lowest BCUT2D eigenvalue weighted by atomic mass is 9.86. The fourth-order valence-corrected chi connectivity index (χ4v) is 0.658. The molecular formula is C8H19NO. The van der Waals surface area contributed by atoms with Crippen molar-refractivity contribution < 1.29 is 5.11 Å². The van der Waals surface area contributed by atoms with Crippen LogP contribution in [0.4, 0.5) is 0 Å². The van der Waals surface area contributed by atoms with E-state index in [4.69, 9.17) is 0 Å². The Morgan fingerprint density at radius 2 is 1.60 bits per heavy atom. The van der Waals surface area contributed by atoms with Gasteiger partial charge in [0.1, 0.15) is 0 Å². The first-order chi connectivity index (χ1) is 4.31. The van der Waals surface area contributed by atoms with Crippen LogP contribution in [0.5, 0.6) is 0 Å². The van der Waals surface area contributed by atoms with Crippen LogP contribution in [-0.2, 0) is 0 Å². The van der Waals surface area contributed by atoms with Gasteiger partial charge in [-0.2, -0.15) is 0 Å². The normalized spacial score (nSPS) is 13.8. The van der Waals surface area contributed by atoms with E-state index in [0.29, 0.717) is 0 Å². The summed E-state index contributed by atoms with van der Waals surface area (Å²) in [6.45, 7) is 10.5. The summed E-state index contributed by atoms with van der Waals surface area (Å²) in [7, 11) is 0. The Balaban J connectivity index is 4.10. The number of rotatable bonds is 3. The second kappa shape index (κ2) is 2.89. The topological polar surface area (TPSA) is 32.3 Å². The lowest BCUT2D eigenvalue weighted by Gasteiger charge is -2.37. The smallest absolute Gasteiger partial charge is 0.0767 e. The van der Waals surface area contributed by atoms with E-state index in [0.717, 1.165) is 6.54 Å². The summed E-state index contributed by atoms with van der Waals surface area (Å²) in [5.41, 5.74) is -0.870. The van der Waals surface area contributed by atoms with Crippen LogP contribution in [0.15, 0.2) is 0 Å². The van der Waals surface area contributed by atoms with Gasteiger partial charge in [-0.3, -0.25) is 0 Å². The molecule has 0 aliphatic carbocycles. The molecule has 0 saturated heterocycles. The van der Waals surface area contributed by atoms with Crippen molar-refractivity contribution in [3.63, 3.8) is 0 Å². The molecule has 0 radical (unpaired) electrons. The van der Waals surface area contributed by atoms with Gasteiger partial charge >= 0.3 is 0 Å².